The predicted octanol–water partition coefficient (Wildman–Crippen LogP) is 2.35. The normalized spacial score (nSPS) is 13.3. The van der Waals surface area contributed by atoms with Crippen molar-refractivity contribution < 1.29 is 12.8 Å². The molecule has 0 spiro atoms. The fourth-order valence-corrected chi connectivity index (χ4v) is 2.93. The Morgan fingerprint density at radius 1 is 1.14 bits per heavy atom. The van der Waals surface area contributed by atoms with Crippen molar-refractivity contribution in [3.05, 3.63) is 53.5 Å². The van der Waals surface area contributed by atoms with Crippen LogP contribution >= 0.6 is 0 Å². The van der Waals surface area contributed by atoms with Crippen molar-refractivity contribution in [3.8, 4) is 0 Å². The van der Waals surface area contributed by atoms with E-state index in [0.717, 1.165) is 11.3 Å². The summed E-state index contributed by atoms with van der Waals surface area (Å²) in [7, 11) is -1.67. The molecule has 0 fully saturated rings. The molecule has 0 saturated heterocycles. The van der Waals surface area contributed by atoms with Gasteiger partial charge in [-0.2, -0.15) is 0 Å². The van der Waals surface area contributed by atoms with Crippen LogP contribution in [0.3, 0.4) is 0 Å². The number of aryl methyl sites for hydroxylation is 1. The summed E-state index contributed by atoms with van der Waals surface area (Å²) in [6, 6.07) is 10.6. The van der Waals surface area contributed by atoms with Gasteiger partial charge in [0.05, 0.1) is 11.4 Å². The molecule has 0 amide bonds. The smallest absolute Gasteiger partial charge is 0.240 e. The number of furan rings is 1. The van der Waals surface area contributed by atoms with Gasteiger partial charge in [-0.05, 0) is 50.7 Å². The van der Waals surface area contributed by atoms with Gasteiger partial charge in [-0.3, -0.25) is 0 Å². The minimum Gasteiger partial charge on any atom is -0.465 e. The first-order valence-electron chi connectivity index (χ1n) is 6.74. The number of hydrogen-bond donors (Lipinski definition) is 2. The lowest BCUT2D eigenvalue weighted by Gasteiger charge is -2.11. The Labute approximate surface area is 125 Å². The van der Waals surface area contributed by atoms with Gasteiger partial charge >= 0.3 is 0 Å². The van der Waals surface area contributed by atoms with Gasteiger partial charge in [-0.15, -0.1) is 0 Å². The first-order valence-corrected chi connectivity index (χ1v) is 8.23. The molecule has 0 aliphatic carbocycles. The van der Waals surface area contributed by atoms with Crippen LogP contribution in [0.25, 0.3) is 0 Å². The highest BCUT2D eigenvalue weighted by molar-refractivity contribution is 7.89. The standard InChI is InChI=1S/C15H20N2O3S/c1-11-4-7-14(20-11)10-17-21(18,19)15-8-5-13(6-9-15)12(2)16-3/h4-9,12,16-17H,10H2,1-3H3. The summed E-state index contributed by atoms with van der Waals surface area (Å²) >= 11 is 0. The van der Waals surface area contributed by atoms with E-state index in [1.165, 1.54) is 0 Å². The van der Waals surface area contributed by atoms with E-state index in [4.69, 9.17) is 4.42 Å². The van der Waals surface area contributed by atoms with Crippen molar-refractivity contribution in [2.75, 3.05) is 7.05 Å². The largest absolute Gasteiger partial charge is 0.465 e. The van der Waals surface area contributed by atoms with E-state index >= 15 is 0 Å². The number of sulfonamides is 1. The SMILES string of the molecule is CNC(C)c1ccc(S(=O)(=O)NCc2ccc(C)o2)cc1. The molecule has 2 rings (SSSR count). The van der Waals surface area contributed by atoms with Crippen molar-refractivity contribution in [3.63, 3.8) is 0 Å². The highest BCUT2D eigenvalue weighted by Crippen LogP contribution is 2.16. The van der Waals surface area contributed by atoms with E-state index in [0.29, 0.717) is 5.76 Å². The average Bonchev–Trinajstić information content (AvgIpc) is 2.90. The Hall–Kier alpha value is -1.63. The number of benzene rings is 1. The third kappa shape index (κ3) is 3.93. The summed E-state index contributed by atoms with van der Waals surface area (Å²) in [5.41, 5.74) is 1.04. The Kier molecular flexibility index (Phi) is 4.82. The molecule has 1 aromatic carbocycles. The second kappa shape index (κ2) is 6.43. The molecule has 1 heterocycles. The van der Waals surface area contributed by atoms with Crippen LogP contribution in [0.4, 0.5) is 0 Å². The molecule has 1 unspecified atom stereocenters. The van der Waals surface area contributed by atoms with Crippen LogP contribution in [-0.2, 0) is 16.6 Å². The lowest BCUT2D eigenvalue weighted by Crippen LogP contribution is -2.23. The Bertz CT molecular complexity index is 690. The predicted molar refractivity (Wildman–Crippen MR) is 81.4 cm³/mol. The van der Waals surface area contributed by atoms with Gasteiger partial charge in [-0.25, -0.2) is 13.1 Å². The number of hydrogen-bond acceptors (Lipinski definition) is 4. The fourth-order valence-electron chi connectivity index (χ4n) is 1.93. The summed E-state index contributed by atoms with van der Waals surface area (Å²) in [4.78, 5) is 0.248. The Morgan fingerprint density at radius 2 is 1.81 bits per heavy atom. The molecular formula is C15H20N2O3S. The van der Waals surface area contributed by atoms with Gasteiger partial charge in [0.25, 0.3) is 0 Å². The maximum atomic E-state index is 12.2. The molecule has 0 aliphatic heterocycles. The quantitative estimate of drug-likeness (QED) is 0.859. The molecule has 1 atom stereocenters. The van der Waals surface area contributed by atoms with Gasteiger partial charge in [0.2, 0.25) is 10.0 Å². The van der Waals surface area contributed by atoms with Crippen LogP contribution in [0, 0.1) is 6.92 Å². The van der Waals surface area contributed by atoms with Crippen LogP contribution in [0.1, 0.15) is 30.0 Å². The molecule has 0 aliphatic rings. The Balaban J connectivity index is 2.08. The molecule has 6 heteroatoms. The molecule has 114 valence electrons. The van der Waals surface area contributed by atoms with Crippen molar-refractivity contribution in [1.29, 1.82) is 0 Å². The van der Waals surface area contributed by atoms with E-state index in [9.17, 15) is 8.42 Å². The minimum atomic E-state index is -3.53. The zero-order valence-corrected chi connectivity index (χ0v) is 13.2. The summed E-state index contributed by atoms with van der Waals surface area (Å²) in [5, 5.41) is 3.11. The second-order valence-electron chi connectivity index (χ2n) is 4.92. The highest BCUT2D eigenvalue weighted by Gasteiger charge is 2.15. The third-order valence-corrected chi connectivity index (χ3v) is 4.77. The molecule has 0 radical (unpaired) electrons. The van der Waals surface area contributed by atoms with Gasteiger partial charge < -0.3 is 9.73 Å². The average molecular weight is 308 g/mol. The molecule has 0 bridgehead atoms. The minimum absolute atomic E-state index is 0.144. The van der Waals surface area contributed by atoms with Crippen LogP contribution in [0.15, 0.2) is 45.7 Å². The van der Waals surface area contributed by atoms with Crippen molar-refractivity contribution in [2.24, 2.45) is 0 Å². The van der Waals surface area contributed by atoms with E-state index in [2.05, 4.69) is 10.0 Å². The second-order valence-corrected chi connectivity index (χ2v) is 6.68. The Morgan fingerprint density at radius 3 is 2.33 bits per heavy atom. The lowest BCUT2D eigenvalue weighted by molar-refractivity contribution is 0.475. The van der Waals surface area contributed by atoms with E-state index < -0.39 is 10.0 Å². The maximum absolute atomic E-state index is 12.2. The zero-order chi connectivity index (χ0) is 15.5. The van der Waals surface area contributed by atoms with Crippen LogP contribution in [-0.4, -0.2) is 15.5 Å². The van der Waals surface area contributed by atoms with Crippen molar-refractivity contribution in [2.45, 2.75) is 31.3 Å². The van der Waals surface area contributed by atoms with Gasteiger partial charge in [0.1, 0.15) is 11.5 Å². The van der Waals surface area contributed by atoms with Crippen LogP contribution in [0.2, 0.25) is 0 Å². The van der Waals surface area contributed by atoms with E-state index in [1.54, 1.807) is 24.3 Å². The molecule has 1 aromatic heterocycles. The van der Waals surface area contributed by atoms with Gasteiger partial charge in [0, 0.05) is 6.04 Å². The monoisotopic (exact) mass is 308 g/mol. The van der Waals surface area contributed by atoms with Crippen molar-refractivity contribution >= 4 is 10.0 Å². The number of rotatable bonds is 6. The molecule has 21 heavy (non-hydrogen) atoms. The van der Waals surface area contributed by atoms with Crippen molar-refractivity contribution in [1.82, 2.24) is 10.0 Å². The summed E-state index contributed by atoms with van der Waals surface area (Å²) in [5.74, 6) is 1.35. The number of nitrogens with one attached hydrogen (secondary N) is 2. The summed E-state index contributed by atoms with van der Waals surface area (Å²) < 4.78 is 32.3. The van der Waals surface area contributed by atoms with E-state index in [1.807, 2.05) is 33.0 Å². The van der Waals surface area contributed by atoms with Gasteiger partial charge in [0.15, 0.2) is 0 Å². The van der Waals surface area contributed by atoms with Crippen LogP contribution < -0.4 is 10.0 Å². The molecule has 5 nitrogen and oxygen atoms in total. The topological polar surface area (TPSA) is 71.3 Å². The zero-order valence-electron chi connectivity index (χ0n) is 12.4. The maximum Gasteiger partial charge on any atom is 0.240 e. The molecule has 2 aromatic rings. The van der Waals surface area contributed by atoms with Gasteiger partial charge in [-0.1, -0.05) is 12.1 Å². The molecular weight excluding hydrogens is 288 g/mol. The summed E-state index contributed by atoms with van der Waals surface area (Å²) in [6.07, 6.45) is 0. The lowest BCUT2D eigenvalue weighted by atomic mass is 10.1. The first-order chi connectivity index (χ1) is 9.92. The van der Waals surface area contributed by atoms with E-state index in [-0.39, 0.29) is 17.5 Å². The molecule has 0 saturated carbocycles. The van der Waals surface area contributed by atoms with Crippen LogP contribution in [0.5, 0.6) is 0 Å². The fraction of sp³-hybridized carbons (Fsp3) is 0.333. The summed E-state index contributed by atoms with van der Waals surface area (Å²) in [6.45, 7) is 3.98. The highest BCUT2D eigenvalue weighted by atomic mass is 32.2. The first kappa shape index (κ1) is 15.8. The third-order valence-electron chi connectivity index (χ3n) is 3.36. The molecule has 2 N–H and O–H groups in total.